The summed E-state index contributed by atoms with van der Waals surface area (Å²) >= 11 is 0. The Labute approximate surface area is 162 Å². The molecule has 2 unspecified atom stereocenters. The molecule has 0 aliphatic heterocycles. The van der Waals surface area contributed by atoms with Gasteiger partial charge in [-0.15, -0.1) is 0 Å². The van der Waals surface area contributed by atoms with E-state index in [9.17, 15) is 24.3 Å². The van der Waals surface area contributed by atoms with Gasteiger partial charge in [0.1, 0.15) is 18.3 Å². The summed E-state index contributed by atoms with van der Waals surface area (Å²) in [6.45, 7) is 2.54. The molecule has 0 aromatic heterocycles. The average Bonchev–Trinajstić information content (AvgIpc) is 2.64. The van der Waals surface area contributed by atoms with Gasteiger partial charge in [0.25, 0.3) is 0 Å². The number of nitrogens with two attached hydrogens (primary N) is 1. The van der Waals surface area contributed by atoms with Gasteiger partial charge >= 0.3 is 5.97 Å². The zero-order valence-corrected chi connectivity index (χ0v) is 15.8. The molecule has 1 aromatic rings. The van der Waals surface area contributed by atoms with Gasteiger partial charge in [-0.3, -0.25) is 19.2 Å². The van der Waals surface area contributed by atoms with Crippen LogP contribution in [0.4, 0.5) is 0 Å². The molecule has 154 valence electrons. The van der Waals surface area contributed by atoms with Gasteiger partial charge in [0.05, 0.1) is 12.6 Å². The molecular formula is C18H26N4O6. The lowest BCUT2D eigenvalue weighted by Crippen LogP contribution is -2.54. The molecule has 0 aliphatic carbocycles. The summed E-state index contributed by atoms with van der Waals surface area (Å²) in [6, 6.07) is 4.28. The second-order valence-corrected chi connectivity index (χ2v) is 6.59. The zero-order valence-electron chi connectivity index (χ0n) is 15.8. The van der Waals surface area contributed by atoms with Gasteiger partial charge in [-0.25, -0.2) is 0 Å². The highest BCUT2D eigenvalue weighted by atomic mass is 16.4. The lowest BCUT2D eigenvalue weighted by molar-refractivity contribution is -0.138. The van der Waals surface area contributed by atoms with Gasteiger partial charge in [-0.2, -0.15) is 0 Å². The van der Waals surface area contributed by atoms with E-state index < -0.39 is 48.9 Å². The Hall–Kier alpha value is -3.14. The first-order chi connectivity index (χ1) is 13.1. The van der Waals surface area contributed by atoms with Crippen LogP contribution in [0.3, 0.4) is 0 Å². The number of carboxylic acids is 1. The normalized spacial score (nSPS) is 12.7. The van der Waals surface area contributed by atoms with Crippen LogP contribution in [0.2, 0.25) is 0 Å². The molecule has 7 N–H and O–H groups in total. The second-order valence-electron chi connectivity index (χ2n) is 6.59. The van der Waals surface area contributed by atoms with Crippen LogP contribution >= 0.6 is 0 Å². The summed E-state index contributed by atoms with van der Waals surface area (Å²) in [5.41, 5.74) is 6.49. The molecule has 28 heavy (non-hydrogen) atoms. The number of aliphatic carboxylic acids is 1. The fraction of sp³-hybridized carbons (Fsp3) is 0.444. The van der Waals surface area contributed by atoms with E-state index in [4.69, 9.17) is 10.8 Å². The maximum Gasteiger partial charge on any atom is 0.322 e. The van der Waals surface area contributed by atoms with Crippen LogP contribution in [0.15, 0.2) is 24.3 Å². The zero-order chi connectivity index (χ0) is 21.3. The van der Waals surface area contributed by atoms with E-state index in [1.165, 1.54) is 12.1 Å². The molecule has 0 radical (unpaired) electrons. The van der Waals surface area contributed by atoms with E-state index >= 15 is 0 Å². The predicted molar refractivity (Wildman–Crippen MR) is 100 cm³/mol. The third-order valence-corrected chi connectivity index (χ3v) is 3.89. The van der Waals surface area contributed by atoms with Gasteiger partial charge in [0.15, 0.2) is 0 Å². The smallest absolute Gasteiger partial charge is 0.322 e. The van der Waals surface area contributed by atoms with Gasteiger partial charge in [-0.1, -0.05) is 26.0 Å². The van der Waals surface area contributed by atoms with Crippen molar-refractivity contribution in [1.82, 2.24) is 16.0 Å². The third kappa shape index (κ3) is 8.04. The van der Waals surface area contributed by atoms with Crippen LogP contribution in [0.5, 0.6) is 5.75 Å². The highest BCUT2D eigenvalue weighted by molar-refractivity contribution is 5.92. The summed E-state index contributed by atoms with van der Waals surface area (Å²) in [5, 5.41) is 24.9. The number of aromatic hydroxyl groups is 1. The van der Waals surface area contributed by atoms with Crippen molar-refractivity contribution in [3.8, 4) is 5.75 Å². The van der Waals surface area contributed by atoms with Gasteiger partial charge in [-0.05, 0) is 23.6 Å². The number of hydrogen-bond acceptors (Lipinski definition) is 6. The van der Waals surface area contributed by atoms with Crippen LogP contribution < -0.4 is 21.7 Å². The van der Waals surface area contributed by atoms with E-state index in [-0.39, 0.29) is 18.1 Å². The molecule has 0 spiro atoms. The summed E-state index contributed by atoms with van der Waals surface area (Å²) in [4.78, 5) is 46.7. The summed E-state index contributed by atoms with van der Waals surface area (Å²) in [6.07, 6.45) is 0.111. The first kappa shape index (κ1) is 22.9. The Bertz CT molecular complexity index is 705. The summed E-state index contributed by atoms with van der Waals surface area (Å²) < 4.78 is 0. The highest BCUT2D eigenvalue weighted by Gasteiger charge is 2.25. The molecule has 0 bridgehead atoms. The van der Waals surface area contributed by atoms with Crippen LogP contribution in [0, 0.1) is 5.92 Å². The Kier molecular flexibility index (Phi) is 8.89. The first-order valence-electron chi connectivity index (χ1n) is 8.70. The number of carbonyl (C=O) groups excluding carboxylic acids is 3. The maximum atomic E-state index is 12.5. The van der Waals surface area contributed by atoms with Crippen molar-refractivity contribution in [1.29, 1.82) is 0 Å². The standard InChI is InChI=1S/C18H26N4O6/c1-10(2)16(19)18(28)22-13(7-11-3-5-12(23)6-4-11)17(27)21-8-14(24)20-9-15(25)26/h3-6,10,13,16,23H,7-9,19H2,1-2H3,(H,20,24)(H,21,27)(H,22,28)(H,25,26). The van der Waals surface area contributed by atoms with Gasteiger partial charge in [0, 0.05) is 6.42 Å². The molecule has 0 fully saturated rings. The number of hydrogen-bond donors (Lipinski definition) is 6. The Morgan fingerprint density at radius 2 is 1.61 bits per heavy atom. The molecule has 10 heteroatoms. The minimum atomic E-state index is -1.21. The topological polar surface area (TPSA) is 171 Å². The molecule has 2 atom stereocenters. The van der Waals surface area contributed by atoms with Gasteiger partial charge in [0.2, 0.25) is 17.7 Å². The van der Waals surface area contributed by atoms with Crippen LogP contribution in [0.25, 0.3) is 0 Å². The lowest BCUT2D eigenvalue weighted by atomic mass is 10.0. The molecule has 0 saturated heterocycles. The van der Waals surface area contributed by atoms with Crippen LogP contribution in [0.1, 0.15) is 19.4 Å². The molecule has 10 nitrogen and oxygen atoms in total. The minimum Gasteiger partial charge on any atom is -0.508 e. The largest absolute Gasteiger partial charge is 0.508 e. The van der Waals surface area contributed by atoms with E-state index in [0.717, 1.165) is 0 Å². The van der Waals surface area contributed by atoms with E-state index in [1.807, 2.05) is 0 Å². The van der Waals surface area contributed by atoms with E-state index in [1.54, 1.807) is 26.0 Å². The SMILES string of the molecule is CC(C)C(N)C(=O)NC(Cc1ccc(O)cc1)C(=O)NCC(=O)NCC(=O)O. The first-order valence-corrected chi connectivity index (χ1v) is 8.70. The Morgan fingerprint density at radius 1 is 1.00 bits per heavy atom. The lowest BCUT2D eigenvalue weighted by Gasteiger charge is -2.22. The average molecular weight is 394 g/mol. The third-order valence-electron chi connectivity index (χ3n) is 3.89. The Morgan fingerprint density at radius 3 is 2.14 bits per heavy atom. The highest BCUT2D eigenvalue weighted by Crippen LogP contribution is 2.12. The number of carboxylic acid groups (broad SMARTS) is 1. The van der Waals surface area contributed by atoms with Crippen molar-refractivity contribution >= 4 is 23.7 Å². The number of rotatable bonds is 10. The maximum absolute atomic E-state index is 12.5. The van der Waals surface area contributed by atoms with Crippen molar-refractivity contribution in [2.45, 2.75) is 32.4 Å². The van der Waals surface area contributed by atoms with Crippen molar-refractivity contribution in [3.05, 3.63) is 29.8 Å². The van der Waals surface area contributed by atoms with Crippen molar-refractivity contribution in [2.24, 2.45) is 11.7 Å². The molecule has 0 aliphatic rings. The fourth-order valence-corrected chi connectivity index (χ4v) is 2.17. The second kappa shape index (κ2) is 10.9. The van der Waals surface area contributed by atoms with E-state index in [0.29, 0.717) is 5.56 Å². The van der Waals surface area contributed by atoms with Crippen molar-refractivity contribution in [3.63, 3.8) is 0 Å². The quantitative estimate of drug-likeness (QED) is 0.287. The molecular weight excluding hydrogens is 368 g/mol. The molecule has 0 heterocycles. The number of nitrogens with one attached hydrogen (secondary N) is 3. The number of amides is 3. The summed E-state index contributed by atoms with van der Waals surface area (Å²) in [7, 11) is 0. The monoisotopic (exact) mass is 394 g/mol. The molecule has 3 amide bonds. The number of benzene rings is 1. The molecule has 1 rings (SSSR count). The number of phenols is 1. The fourth-order valence-electron chi connectivity index (χ4n) is 2.17. The van der Waals surface area contributed by atoms with Crippen LogP contribution in [-0.2, 0) is 25.6 Å². The van der Waals surface area contributed by atoms with Crippen molar-refractivity contribution < 1.29 is 29.4 Å². The Balaban J connectivity index is 2.79. The van der Waals surface area contributed by atoms with Crippen molar-refractivity contribution in [2.75, 3.05) is 13.1 Å². The predicted octanol–water partition coefficient (Wildman–Crippen LogP) is -1.28. The minimum absolute atomic E-state index is 0.0609. The van der Waals surface area contributed by atoms with Crippen LogP contribution in [-0.4, -0.2) is 59.1 Å². The molecule has 1 aromatic carbocycles. The summed E-state index contributed by atoms with van der Waals surface area (Å²) in [5.74, 6) is -3.10. The number of carbonyl (C=O) groups is 4. The van der Waals surface area contributed by atoms with E-state index in [2.05, 4.69) is 16.0 Å². The van der Waals surface area contributed by atoms with Gasteiger partial charge < -0.3 is 31.9 Å². The molecule has 0 saturated carbocycles. The number of phenolic OH excluding ortho intramolecular Hbond substituents is 1.